The predicted octanol–water partition coefficient (Wildman–Crippen LogP) is 5.01. The van der Waals surface area contributed by atoms with Crippen LogP contribution in [0.2, 0.25) is 10.0 Å². The Balaban J connectivity index is 2.14. The Morgan fingerprint density at radius 3 is 2.57 bits per heavy atom. The molecule has 0 aliphatic carbocycles. The van der Waals surface area contributed by atoms with Gasteiger partial charge in [-0.25, -0.2) is 0 Å². The second-order valence-corrected chi connectivity index (χ2v) is 8.01. The molecule has 0 saturated heterocycles. The van der Waals surface area contributed by atoms with Crippen LogP contribution in [0.4, 0.5) is 0 Å². The number of benzene rings is 2. The van der Waals surface area contributed by atoms with E-state index in [1.165, 1.54) is 4.90 Å². The van der Waals surface area contributed by atoms with Crippen LogP contribution in [0.5, 0.6) is 5.75 Å². The number of nitrogens with zero attached hydrogens (tertiary/aromatic N) is 1. The van der Waals surface area contributed by atoms with Crippen molar-refractivity contribution in [2.45, 2.75) is 46.2 Å². The van der Waals surface area contributed by atoms with E-state index in [1.54, 1.807) is 31.2 Å². The Morgan fingerprint density at radius 1 is 1.13 bits per heavy atom. The number of halogens is 2. The number of amides is 2. The van der Waals surface area contributed by atoms with Crippen LogP contribution in [0.1, 0.15) is 37.8 Å². The third kappa shape index (κ3) is 7.22. The molecule has 0 spiro atoms. The lowest BCUT2D eigenvalue weighted by atomic mass is 10.1. The number of carbonyl (C=O) groups is 2. The maximum Gasteiger partial charge on any atom is 0.261 e. The Kier molecular flexibility index (Phi) is 9.47. The highest BCUT2D eigenvalue weighted by molar-refractivity contribution is 6.42. The first-order chi connectivity index (χ1) is 14.3. The van der Waals surface area contributed by atoms with Crippen molar-refractivity contribution in [1.29, 1.82) is 0 Å². The Labute approximate surface area is 188 Å². The van der Waals surface area contributed by atoms with E-state index < -0.39 is 6.04 Å². The standard InChI is InChI=1S/C23H28Cl2N2O3/c1-4-5-11-26-23(29)17(3)27(14-18-9-10-20(24)21(25)13-18)22(28)15-30-19-8-6-7-16(2)12-19/h6-10,12-13,17H,4-5,11,14-15H2,1-3H3,(H,26,29)/t17-/m0/s1. The summed E-state index contributed by atoms with van der Waals surface area (Å²) >= 11 is 12.1. The second kappa shape index (κ2) is 11.8. The SMILES string of the molecule is CCCCNC(=O)[C@H](C)N(Cc1ccc(Cl)c(Cl)c1)C(=O)COc1cccc(C)c1. The van der Waals surface area contributed by atoms with Crippen molar-refractivity contribution in [3.05, 3.63) is 63.6 Å². The fourth-order valence-corrected chi connectivity index (χ4v) is 3.21. The van der Waals surface area contributed by atoms with E-state index in [2.05, 4.69) is 12.2 Å². The van der Waals surface area contributed by atoms with E-state index in [-0.39, 0.29) is 25.0 Å². The van der Waals surface area contributed by atoms with E-state index >= 15 is 0 Å². The van der Waals surface area contributed by atoms with Gasteiger partial charge in [0, 0.05) is 13.1 Å². The fourth-order valence-electron chi connectivity index (χ4n) is 2.89. The summed E-state index contributed by atoms with van der Waals surface area (Å²) in [7, 11) is 0. The van der Waals surface area contributed by atoms with Crippen LogP contribution in [-0.2, 0) is 16.1 Å². The summed E-state index contributed by atoms with van der Waals surface area (Å²) in [5.41, 5.74) is 1.82. The van der Waals surface area contributed by atoms with E-state index in [1.807, 2.05) is 25.1 Å². The highest BCUT2D eigenvalue weighted by atomic mass is 35.5. The number of carbonyl (C=O) groups excluding carboxylic acids is 2. The zero-order chi connectivity index (χ0) is 22.1. The monoisotopic (exact) mass is 450 g/mol. The largest absolute Gasteiger partial charge is 0.484 e. The van der Waals surface area contributed by atoms with Crippen molar-refractivity contribution < 1.29 is 14.3 Å². The van der Waals surface area contributed by atoms with Gasteiger partial charge in [-0.05, 0) is 55.7 Å². The number of hydrogen-bond acceptors (Lipinski definition) is 3. The van der Waals surface area contributed by atoms with Gasteiger partial charge in [-0.1, -0.05) is 54.7 Å². The lowest BCUT2D eigenvalue weighted by molar-refractivity contribution is -0.142. The average Bonchev–Trinajstić information content (AvgIpc) is 2.72. The molecular formula is C23H28Cl2N2O3. The average molecular weight is 451 g/mol. The zero-order valence-electron chi connectivity index (χ0n) is 17.6. The molecule has 5 nitrogen and oxygen atoms in total. The van der Waals surface area contributed by atoms with Gasteiger partial charge in [0.15, 0.2) is 6.61 Å². The molecule has 0 unspecified atom stereocenters. The molecule has 7 heteroatoms. The number of aryl methyl sites for hydroxylation is 1. The first-order valence-corrected chi connectivity index (χ1v) is 10.8. The molecular weight excluding hydrogens is 423 g/mol. The molecule has 2 aromatic rings. The molecule has 0 fully saturated rings. The summed E-state index contributed by atoms with van der Waals surface area (Å²) in [5.74, 6) is 0.117. The Morgan fingerprint density at radius 2 is 1.90 bits per heavy atom. The topological polar surface area (TPSA) is 58.6 Å². The molecule has 0 heterocycles. The van der Waals surface area contributed by atoms with Crippen LogP contribution in [0, 0.1) is 6.92 Å². The van der Waals surface area contributed by atoms with Crippen molar-refractivity contribution in [2.75, 3.05) is 13.2 Å². The van der Waals surface area contributed by atoms with Crippen LogP contribution < -0.4 is 10.1 Å². The van der Waals surface area contributed by atoms with Crippen LogP contribution in [0.15, 0.2) is 42.5 Å². The maximum absolute atomic E-state index is 13.0. The van der Waals surface area contributed by atoms with E-state index in [0.29, 0.717) is 22.3 Å². The van der Waals surface area contributed by atoms with Crippen molar-refractivity contribution in [3.8, 4) is 5.75 Å². The smallest absolute Gasteiger partial charge is 0.261 e. The maximum atomic E-state index is 13.0. The molecule has 30 heavy (non-hydrogen) atoms. The van der Waals surface area contributed by atoms with Gasteiger partial charge in [-0.3, -0.25) is 9.59 Å². The molecule has 0 bridgehead atoms. The highest BCUT2D eigenvalue weighted by Crippen LogP contribution is 2.24. The summed E-state index contributed by atoms with van der Waals surface area (Å²) in [6.45, 7) is 6.34. The summed E-state index contributed by atoms with van der Waals surface area (Å²) in [6, 6.07) is 12.0. The minimum Gasteiger partial charge on any atom is -0.484 e. The third-order valence-electron chi connectivity index (χ3n) is 4.69. The summed E-state index contributed by atoms with van der Waals surface area (Å²) in [5, 5.41) is 3.72. The normalized spacial score (nSPS) is 11.6. The molecule has 1 atom stereocenters. The van der Waals surface area contributed by atoms with Gasteiger partial charge >= 0.3 is 0 Å². The van der Waals surface area contributed by atoms with E-state index in [4.69, 9.17) is 27.9 Å². The first-order valence-electron chi connectivity index (χ1n) is 10.0. The molecule has 2 rings (SSSR count). The quantitative estimate of drug-likeness (QED) is 0.517. The first kappa shape index (κ1) is 24.0. The highest BCUT2D eigenvalue weighted by Gasteiger charge is 2.26. The van der Waals surface area contributed by atoms with E-state index in [0.717, 1.165) is 24.0 Å². The Hall–Kier alpha value is -2.24. The summed E-state index contributed by atoms with van der Waals surface area (Å²) < 4.78 is 5.67. The fraction of sp³-hybridized carbons (Fsp3) is 0.391. The predicted molar refractivity (Wildman–Crippen MR) is 121 cm³/mol. The van der Waals surface area contributed by atoms with Gasteiger partial charge in [0.25, 0.3) is 5.91 Å². The molecule has 0 aliphatic rings. The molecule has 0 radical (unpaired) electrons. The van der Waals surface area contributed by atoms with E-state index in [9.17, 15) is 9.59 Å². The third-order valence-corrected chi connectivity index (χ3v) is 5.42. The molecule has 0 aliphatic heterocycles. The lowest BCUT2D eigenvalue weighted by Gasteiger charge is -2.29. The van der Waals surface area contributed by atoms with Crippen LogP contribution >= 0.6 is 23.2 Å². The molecule has 162 valence electrons. The number of ether oxygens (including phenoxy) is 1. The molecule has 2 aromatic carbocycles. The number of nitrogens with one attached hydrogen (secondary N) is 1. The summed E-state index contributed by atoms with van der Waals surface area (Å²) in [4.78, 5) is 27.1. The van der Waals surface area contributed by atoms with Crippen LogP contribution in [0.3, 0.4) is 0 Å². The van der Waals surface area contributed by atoms with Gasteiger partial charge < -0.3 is 15.0 Å². The van der Waals surface area contributed by atoms with Gasteiger partial charge in [-0.2, -0.15) is 0 Å². The summed E-state index contributed by atoms with van der Waals surface area (Å²) in [6.07, 6.45) is 1.86. The van der Waals surface area contributed by atoms with Gasteiger partial charge in [0.1, 0.15) is 11.8 Å². The minimum atomic E-state index is -0.662. The lowest BCUT2D eigenvalue weighted by Crippen LogP contribution is -2.49. The van der Waals surface area contributed by atoms with Crippen molar-refractivity contribution >= 4 is 35.0 Å². The zero-order valence-corrected chi connectivity index (χ0v) is 19.1. The second-order valence-electron chi connectivity index (χ2n) is 7.20. The Bertz CT molecular complexity index is 873. The molecule has 0 aromatic heterocycles. The van der Waals surface area contributed by atoms with Crippen molar-refractivity contribution in [2.24, 2.45) is 0 Å². The molecule has 1 N–H and O–H groups in total. The number of hydrogen-bond donors (Lipinski definition) is 1. The van der Waals surface area contributed by atoms with Crippen molar-refractivity contribution in [1.82, 2.24) is 10.2 Å². The minimum absolute atomic E-state index is 0.169. The number of unbranched alkanes of at least 4 members (excludes halogenated alkanes) is 1. The van der Waals surface area contributed by atoms with Crippen LogP contribution in [0.25, 0.3) is 0 Å². The van der Waals surface area contributed by atoms with Crippen LogP contribution in [-0.4, -0.2) is 35.9 Å². The van der Waals surface area contributed by atoms with Gasteiger partial charge in [0.2, 0.25) is 5.91 Å². The molecule has 0 saturated carbocycles. The van der Waals surface area contributed by atoms with Gasteiger partial charge in [-0.15, -0.1) is 0 Å². The van der Waals surface area contributed by atoms with Gasteiger partial charge in [0.05, 0.1) is 10.0 Å². The van der Waals surface area contributed by atoms with Crippen molar-refractivity contribution in [3.63, 3.8) is 0 Å². The molecule has 2 amide bonds. The number of rotatable bonds is 10.